The lowest BCUT2D eigenvalue weighted by Crippen LogP contribution is -2.25. The van der Waals surface area contributed by atoms with Crippen molar-refractivity contribution < 1.29 is 14.6 Å². The van der Waals surface area contributed by atoms with Crippen LogP contribution in [-0.2, 0) is 9.53 Å². The molecule has 0 spiro atoms. The second-order valence-electron chi connectivity index (χ2n) is 3.05. The van der Waals surface area contributed by atoms with Gasteiger partial charge in [0.05, 0.1) is 18.6 Å². The molecule has 0 aliphatic carbocycles. The zero-order chi connectivity index (χ0) is 9.56. The summed E-state index contributed by atoms with van der Waals surface area (Å²) < 4.78 is 4.91. The summed E-state index contributed by atoms with van der Waals surface area (Å²) in [4.78, 5) is 11.1. The van der Waals surface area contributed by atoms with Gasteiger partial charge >= 0.3 is 5.97 Å². The van der Waals surface area contributed by atoms with E-state index in [1.807, 2.05) is 6.92 Å². The topological polar surface area (TPSA) is 46.5 Å². The van der Waals surface area contributed by atoms with Crippen molar-refractivity contribution in [1.82, 2.24) is 0 Å². The van der Waals surface area contributed by atoms with Gasteiger partial charge in [-0.25, -0.2) is 0 Å². The first-order valence-corrected chi connectivity index (χ1v) is 4.44. The van der Waals surface area contributed by atoms with Gasteiger partial charge in [-0.2, -0.15) is 0 Å². The van der Waals surface area contributed by atoms with Crippen LogP contribution in [0.5, 0.6) is 0 Å². The molecule has 0 aromatic heterocycles. The molecular formula is C9H18O3. The lowest BCUT2D eigenvalue weighted by molar-refractivity contribution is -0.151. The van der Waals surface area contributed by atoms with Gasteiger partial charge in [-0.3, -0.25) is 4.79 Å². The molecule has 0 amide bonds. The fraction of sp³-hybridized carbons (Fsp3) is 0.889. The van der Waals surface area contributed by atoms with E-state index in [4.69, 9.17) is 9.84 Å². The third-order valence-electron chi connectivity index (χ3n) is 1.84. The number of carbonyl (C=O) groups is 1. The van der Waals surface area contributed by atoms with Crippen molar-refractivity contribution in [3.8, 4) is 0 Å². The number of unbranched alkanes of at least 4 members (excludes halogenated alkanes) is 1. The van der Waals surface area contributed by atoms with Gasteiger partial charge < -0.3 is 9.84 Å². The van der Waals surface area contributed by atoms with E-state index >= 15 is 0 Å². The molecule has 0 radical (unpaired) electrons. The molecule has 2 atom stereocenters. The van der Waals surface area contributed by atoms with Crippen molar-refractivity contribution in [2.75, 3.05) is 6.61 Å². The van der Waals surface area contributed by atoms with Crippen LogP contribution in [0.25, 0.3) is 0 Å². The Kier molecular flexibility index (Phi) is 5.72. The Bertz CT molecular complexity index is 132. The van der Waals surface area contributed by atoms with E-state index in [0.29, 0.717) is 6.61 Å². The summed E-state index contributed by atoms with van der Waals surface area (Å²) in [6.45, 7) is 5.75. The molecule has 72 valence electrons. The van der Waals surface area contributed by atoms with E-state index in [1.54, 1.807) is 13.8 Å². The smallest absolute Gasteiger partial charge is 0.311 e. The molecule has 1 N–H and O–H groups in total. The van der Waals surface area contributed by atoms with Gasteiger partial charge in [0.2, 0.25) is 0 Å². The molecule has 0 bridgehead atoms. The fourth-order valence-electron chi connectivity index (χ4n) is 0.645. The highest BCUT2D eigenvalue weighted by Gasteiger charge is 2.18. The average molecular weight is 174 g/mol. The lowest BCUT2D eigenvalue weighted by Gasteiger charge is -2.13. The quantitative estimate of drug-likeness (QED) is 0.505. The van der Waals surface area contributed by atoms with Crippen LogP contribution in [0.15, 0.2) is 0 Å². The Morgan fingerprint density at radius 1 is 1.50 bits per heavy atom. The summed E-state index contributed by atoms with van der Waals surface area (Å²) in [5.74, 6) is -0.722. The summed E-state index contributed by atoms with van der Waals surface area (Å²) in [5, 5.41) is 9.05. The predicted molar refractivity (Wildman–Crippen MR) is 46.7 cm³/mol. The fourth-order valence-corrected chi connectivity index (χ4v) is 0.645. The number of hydrogen-bond acceptors (Lipinski definition) is 3. The monoisotopic (exact) mass is 174 g/mol. The zero-order valence-corrected chi connectivity index (χ0v) is 8.04. The van der Waals surface area contributed by atoms with Crippen molar-refractivity contribution in [2.24, 2.45) is 5.92 Å². The van der Waals surface area contributed by atoms with Crippen LogP contribution in [-0.4, -0.2) is 23.8 Å². The van der Waals surface area contributed by atoms with E-state index in [2.05, 4.69) is 0 Å². The summed E-state index contributed by atoms with van der Waals surface area (Å²) in [7, 11) is 0. The minimum absolute atomic E-state index is 0.307. The van der Waals surface area contributed by atoms with Gasteiger partial charge in [-0.15, -0.1) is 0 Å². The van der Waals surface area contributed by atoms with E-state index in [0.717, 1.165) is 12.8 Å². The number of esters is 1. The van der Waals surface area contributed by atoms with Gasteiger partial charge in [-0.1, -0.05) is 13.3 Å². The normalized spacial score (nSPS) is 15.3. The Morgan fingerprint density at radius 2 is 2.08 bits per heavy atom. The molecule has 0 aromatic rings. The summed E-state index contributed by atoms with van der Waals surface area (Å²) in [6.07, 6.45) is 1.27. The molecule has 0 rings (SSSR count). The standard InChI is InChI=1S/C9H18O3/c1-4-5-6-12-9(11)7(2)8(3)10/h7-8,10H,4-6H2,1-3H3/t7-,8-/m0/s1. The molecule has 0 saturated heterocycles. The van der Waals surface area contributed by atoms with Crippen LogP contribution < -0.4 is 0 Å². The maximum atomic E-state index is 11.1. The Balaban J connectivity index is 3.57. The van der Waals surface area contributed by atoms with Crippen molar-refractivity contribution in [3.05, 3.63) is 0 Å². The van der Waals surface area contributed by atoms with Crippen LogP contribution in [0.2, 0.25) is 0 Å². The molecule has 0 aromatic carbocycles. The maximum absolute atomic E-state index is 11.1. The number of ether oxygens (including phenoxy) is 1. The second kappa shape index (κ2) is 6.00. The van der Waals surface area contributed by atoms with Crippen molar-refractivity contribution in [2.45, 2.75) is 39.7 Å². The molecule has 0 saturated carbocycles. The van der Waals surface area contributed by atoms with E-state index < -0.39 is 12.0 Å². The van der Waals surface area contributed by atoms with Crippen LogP contribution in [0, 0.1) is 5.92 Å². The minimum Gasteiger partial charge on any atom is -0.465 e. The number of aliphatic hydroxyl groups is 1. The minimum atomic E-state index is -0.626. The highest BCUT2D eigenvalue weighted by Crippen LogP contribution is 2.04. The molecule has 0 unspecified atom stereocenters. The first-order valence-electron chi connectivity index (χ1n) is 4.44. The van der Waals surface area contributed by atoms with Gasteiger partial charge in [0, 0.05) is 0 Å². The highest BCUT2D eigenvalue weighted by molar-refractivity contribution is 5.72. The molecular weight excluding hydrogens is 156 g/mol. The van der Waals surface area contributed by atoms with Gasteiger partial charge in [-0.05, 0) is 20.3 Å². The number of rotatable bonds is 5. The summed E-state index contributed by atoms with van der Waals surface area (Å²) in [6, 6.07) is 0. The van der Waals surface area contributed by atoms with Gasteiger partial charge in [0.25, 0.3) is 0 Å². The van der Waals surface area contributed by atoms with Crippen molar-refractivity contribution in [1.29, 1.82) is 0 Å². The molecule has 0 aliphatic heterocycles. The second-order valence-corrected chi connectivity index (χ2v) is 3.05. The SMILES string of the molecule is CCCCOC(=O)[C@@H](C)[C@H](C)O. The predicted octanol–water partition coefficient (Wildman–Crippen LogP) is 1.35. The molecule has 0 heterocycles. The summed E-state index contributed by atoms with van der Waals surface area (Å²) >= 11 is 0. The summed E-state index contributed by atoms with van der Waals surface area (Å²) in [5.41, 5.74) is 0. The zero-order valence-electron chi connectivity index (χ0n) is 8.04. The largest absolute Gasteiger partial charge is 0.465 e. The van der Waals surface area contributed by atoms with Crippen LogP contribution in [0.4, 0.5) is 0 Å². The van der Waals surface area contributed by atoms with Crippen LogP contribution in [0.3, 0.4) is 0 Å². The van der Waals surface area contributed by atoms with Crippen molar-refractivity contribution >= 4 is 5.97 Å². The number of carbonyl (C=O) groups excluding carboxylic acids is 1. The highest BCUT2D eigenvalue weighted by atomic mass is 16.5. The number of aliphatic hydroxyl groups excluding tert-OH is 1. The molecule has 12 heavy (non-hydrogen) atoms. The molecule has 3 nitrogen and oxygen atoms in total. The Morgan fingerprint density at radius 3 is 2.50 bits per heavy atom. The van der Waals surface area contributed by atoms with Gasteiger partial charge in [0.1, 0.15) is 0 Å². The maximum Gasteiger partial charge on any atom is 0.311 e. The Labute approximate surface area is 73.7 Å². The van der Waals surface area contributed by atoms with Crippen molar-refractivity contribution in [3.63, 3.8) is 0 Å². The molecule has 0 fully saturated rings. The van der Waals surface area contributed by atoms with Gasteiger partial charge in [0.15, 0.2) is 0 Å². The molecule has 3 heteroatoms. The number of hydrogen-bond donors (Lipinski definition) is 1. The first-order chi connectivity index (χ1) is 5.59. The third-order valence-corrected chi connectivity index (χ3v) is 1.84. The van der Waals surface area contributed by atoms with Crippen LogP contribution in [0.1, 0.15) is 33.6 Å². The average Bonchev–Trinajstić information content (AvgIpc) is 2.03. The van der Waals surface area contributed by atoms with E-state index in [9.17, 15) is 4.79 Å². The third kappa shape index (κ3) is 4.34. The lowest BCUT2D eigenvalue weighted by atomic mass is 10.1. The molecule has 0 aliphatic rings. The Hall–Kier alpha value is -0.570. The first kappa shape index (κ1) is 11.4. The van der Waals surface area contributed by atoms with E-state index in [1.165, 1.54) is 0 Å². The van der Waals surface area contributed by atoms with Crippen LogP contribution >= 0.6 is 0 Å². The van der Waals surface area contributed by atoms with E-state index in [-0.39, 0.29) is 5.97 Å².